The molecule has 0 bridgehead atoms. The molecule has 1 fully saturated rings. The van der Waals surface area contributed by atoms with Crippen LogP contribution in [0.3, 0.4) is 0 Å². The first-order valence-corrected chi connectivity index (χ1v) is 13.1. The summed E-state index contributed by atoms with van der Waals surface area (Å²) in [5, 5.41) is 7.83. The number of hydrogen-bond acceptors (Lipinski definition) is 6. The van der Waals surface area contributed by atoms with Crippen molar-refractivity contribution in [2.75, 3.05) is 18.4 Å². The second kappa shape index (κ2) is 9.27. The van der Waals surface area contributed by atoms with Crippen LogP contribution in [0.15, 0.2) is 64.2 Å². The highest BCUT2D eigenvalue weighted by molar-refractivity contribution is 7.89. The Morgan fingerprint density at radius 2 is 1.86 bits per heavy atom. The number of benzene rings is 1. The smallest absolute Gasteiger partial charge is 0.256 e. The Bertz CT molecular complexity index is 1470. The molecule has 9 nitrogen and oxygen atoms in total. The summed E-state index contributed by atoms with van der Waals surface area (Å²) in [6, 6.07) is 11.7. The van der Waals surface area contributed by atoms with Crippen molar-refractivity contribution in [2.24, 2.45) is 0 Å². The molecule has 0 saturated carbocycles. The van der Waals surface area contributed by atoms with Crippen molar-refractivity contribution in [3.8, 4) is 11.5 Å². The average Bonchev–Trinajstić information content (AvgIpc) is 3.54. The van der Waals surface area contributed by atoms with Crippen molar-refractivity contribution in [3.05, 3.63) is 60.5 Å². The minimum Gasteiger partial charge on any atom is -0.463 e. The first-order valence-electron chi connectivity index (χ1n) is 11.7. The van der Waals surface area contributed by atoms with Gasteiger partial charge in [-0.05, 0) is 57.0 Å². The number of anilines is 1. The van der Waals surface area contributed by atoms with Gasteiger partial charge in [-0.25, -0.2) is 18.1 Å². The number of furan rings is 1. The average molecular weight is 494 g/mol. The predicted molar refractivity (Wildman–Crippen MR) is 133 cm³/mol. The number of hydrogen-bond donors (Lipinski definition) is 1. The highest BCUT2D eigenvalue weighted by atomic mass is 32.2. The number of sulfonamides is 1. The van der Waals surface area contributed by atoms with Crippen LogP contribution < -0.4 is 5.32 Å². The maximum Gasteiger partial charge on any atom is 0.256 e. The van der Waals surface area contributed by atoms with Gasteiger partial charge in [0, 0.05) is 19.1 Å². The van der Waals surface area contributed by atoms with Gasteiger partial charge in [0.2, 0.25) is 10.0 Å². The molecule has 3 aromatic heterocycles. The number of aromatic nitrogens is 3. The van der Waals surface area contributed by atoms with Crippen LogP contribution in [-0.4, -0.2) is 46.5 Å². The van der Waals surface area contributed by atoms with E-state index in [1.807, 2.05) is 13.8 Å². The van der Waals surface area contributed by atoms with E-state index in [-0.39, 0.29) is 16.6 Å². The Morgan fingerprint density at radius 3 is 2.57 bits per heavy atom. The fraction of sp³-hybridized carbons (Fsp3) is 0.320. The minimum absolute atomic E-state index is 0.0261. The van der Waals surface area contributed by atoms with Crippen molar-refractivity contribution in [2.45, 2.75) is 44.0 Å². The zero-order valence-corrected chi connectivity index (χ0v) is 20.5. The lowest BCUT2D eigenvalue weighted by Gasteiger charge is -2.26. The van der Waals surface area contributed by atoms with Crippen molar-refractivity contribution >= 4 is 32.7 Å². The van der Waals surface area contributed by atoms with Crippen LogP contribution in [0.2, 0.25) is 0 Å². The molecule has 1 aliphatic heterocycles. The summed E-state index contributed by atoms with van der Waals surface area (Å²) in [6.45, 7) is 4.93. The molecule has 0 spiro atoms. The van der Waals surface area contributed by atoms with E-state index in [2.05, 4.69) is 10.4 Å². The Balaban J connectivity index is 1.56. The molecular weight excluding hydrogens is 466 g/mol. The van der Waals surface area contributed by atoms with Gasteiger partial charge in [-0.3, -0.25) is 4.79 Å². The number of nitrogens with zero attached hydrogens (tertiary/aromatic N) is 4. The molecule has 1 aliphatic rings. The maximum atomic E-state index is 13.6. The van der Waals surface area contributed by atoms with E-state index in [1.165, 1.54) is 10.4 Å². The molecular formula is C25H27N5O4S. The van der Waals surface area contributed by atoms with E-state index >= 15 is 0 Å². The highest BCUT2D eigenvalue weighted by Gasteiger charge is 2.29. The third-order valence-corrected chi connectivity index (χ3v) is 8.10. The van der Waals surface area contributed by atoms with Crippen LogP contribution in [0, 0.1) is 0 Å². The predicted octanol–water partition coefficient (Wildman–Crippen LogP) is 4.70. The summed E-state index contributed by atoms with van der Waals surface area (Å²) < 4.78 is 35.5. The van der Waals surface area contributed by atoms with Gasteiger partial charge < -0.3 is 9.73 Å². The molecule has 0 aliphatic carbocycles. The fourth-order valence-electron chi connectivity index (χ4n) is 4.36. The molecule has 5 rings (SSSR count). The summed E-state index contributed by atoms with van der Waals surface area (Å²) in [5.74, 6) is 0.0698. The largest absolute Gasteiger partial charge is 0.463 e. The number of nitrogens with one attached hydrogen (secondary N) is 1. The van der Waals surface area contributed by atoms with Gasteiger partial charge in [0.25, 0.3) is 5.91 Å². The Morgan fingerprint density at radius 1 is 1.09 bits per heavy atom. The monoisotopic (exact) mass is 493 g/mol. The van der Waals surface area contributed by atoms with Crippen molar-refractivity contribution in [3.63, 3.8) is 0 Å². The zero-order valence-electron chi connectivity index (χ0n) is 19.6. The number of carbonyl (C=O) groups is 1. The number of para-hydroxylation sites is 1. The Kier molecular flexibility index (Phi) is 6.16. The Hall–Kier alpha value is -3.50. The normalized spacial score (nSPS) is 15.1. The van der Waals surface area contributed by atoms with Crippen LogP contribution in [0.5, 0.6) is 0 Å². The molecule has 1 aromatic carbocycles. The van der Waals surface area contributed by atoms with Gasteiger partial charge >= 0.3 is 0 Å². The maximum absolute atomic E-state index is 13.6. The molecule has 4 aromatic rings. The van der Waals surface area contributed by atoms with Gasteiger partial charge in [0.1, 0.15) is 10.6 Å². The summed E-state index contributed by atoms with van der Waals surface area (Å²) in [6.07, 6.45) is 5.84. The van der Waals surface area contributed by atoms with E-state index in [9.17, 15) is 13.2 Å². The minimum atomic E-state index is -3.74. The first-order chi connectivity index (χ1) is 16.9. The van der Waals surface area contributed by atoms with Gasteiger partial charge in [-0.15, -0.1) is 0 Å². The van der Waals surface area contributed by atoms with E-state index in [1.54, 1.807) is 53.5 Å². The number of fused-ring (bicyclic) bond motifs is 1. The summed E-state index contributed by atoms with van der Waals surface area (Å²) >= 11 is 0. The fourth-order valence-corrected chi connectivity index (χ4v) is 6.03. The lowest BCUT2D eigenvalue weighted by molar-refractivity contribution is 0.102. The van der Waals surface area contributed by atoms with Gasteiger partial charge in [-0.1, -0.05) is 18.6 Å². The van der Waals surface area contributed by atoms with Crippen LogP contribution in [0.4, 0.5) is 5.69 Å². The van der Waals surface area contributed by atoms with Crippen LogP contribution in [-0.2, 0) is 10.0 Å². The SMILES string of the molecule is CC(C)n1ncc2c(C(=O)Nc3ccccc3S(=O)(=O)N3CCCCC3)cc(-c3ccco3)nc21. The molecule has 10 heteroatoms. The standard InChI is InChI=1S/C25H27N5O4S/c1-17(2)30-24-19(16-26-30)18(15-21(27-24)22-10-8-14-34-22)25(31)28-20-9-4-5-11-23(20)35(32,33)29-12-6-3-7-13-29/h4-5,8-11,14-17H,3,6-7,12-13H2,1-2H3,(H,28,31). The van der Waals surface area contributed by atoms with E-state index < -0.39 is 15.9 Å². The van der Waals surface area contributed by atoms with E-state index in [0.717, 1.165) is 19.3 Å². The summed E-state index contributed by atoms with van der Waals surface area (Å²) in [7, 11) is -3.74. The van der Waals surface area contributed by atoms with Crippen molar-refractivity contribution in [1.29, 1.82) is 0 Å². The molecule has 1 amide bonds. The first kappa shape index (κ1) is 23.3. The van der Waals surface area contributed by atoms with Gasteiger partial charge in [0.15, 0.2) is 11.4 Å². The number of amides is 1. The zero-order chi connectivity index (χ0) is 24.6. The lowest BCUT2D eigenvalue weighted by atomic mass is 10.1. The summed E-state index contributed by atoms with van der Waals surface area (Å²) in [5.41, 5.74) is 1.61. The number of carbonyl (C=O) groups excluding carboxylic acids is 1. The molecule has 0 radical (unpaired) electrons. The molecule has 1 N–H and O–H groups in total. The third kappa shape index (κ3) is 4.35. The molecule has 182 valence electrons. The van der Waals surface area contributed by atoms with Crippen molar-refractivity contribution < 1.29 is 17.6 Å². The molecule has 4 heterocycles. The second-order valence-corrected chi connectivity index (χ2v) is 10.8. The van der Waals surface area contributed by atoms with Crippen LogP contribution >= 0.6 is 0 Å². The second-order valence-electron chi connectivity index (χ2n) is 8.87. The van der Waals surface area contributed by atoms with Crippen LogP contribution in [0.25, 0.3) is 22.5 Å². The number of rotatable bonds is 6. The van der Waals surface area contributed by atoms with Gasteiger partial charge in [0.05, 0.1) is 29.1 Å². The van der Waals surface area contributed by atoms with E-state index in [4.69, 9.17) is 9.40 Å². The van der Waals surface area contributed by atoms with E-state index in [0.29, 0.717) is 41.1 Å². The van der Waals surface area contributed by atoms with Crippen LogP contribution in [0.1, 0.15) is 49.5 Å². The number of pyridine rings is 1. The third-order valence-electron chi connectivity index (χ3n) is 6.14. The highest BCUT2D eigenvalue weighted by Crippen LogP contribution is 2.30. The van der Waals surface area contributed by atoms with Crippen molar-refractivity contribution in [1.82, 2.24) is 19.1 Å². The lowest BCUT2D eigenvalue weighted by Crippen LogP contribution is -2.36. The molecule has 0 atom stereocenters. The quantitative estimate of drug-likeness (QED) is 0.417. The Labute approximate surface area is 203 Å². The molecule has 1 saturated heterocycles. The van der Waals surface area contributed by atoms with Gasteiger partial charge in [-0.2, -0.15) is 9.40 Å². The topological polar surface area (TPSA) is 110 Å². The molecule has 0 unspecified atom stereocenters. The number of piperidine rings is 1. The molecule has 35 heavy (non-hydrogen) atoms. The summed E-state index contributed by atoms with van der Waals surface area (Å²) in [4.78, 5) is 18.3.